The van der Waals surface area contributed by atoms with Gasteiger partial charge in [-0.05, 0) is 76.0 Å². The summed E-state index contributed by atoms with van der Waals surface area (Å²) < 4.78 is 5.80. The molecule has 0 saturated heterocycles. The van der Waals surface area contributed by atoms with Crippen LogP contribution in [0.2, 0.25) is 0 Å². The fourth-order valence-electron chi connectivity index (χ4n) is 3.43. The van der Waals surface area contributed by atoms with Gasteiger partial charge in [-0.2, -0.15) is 0 Å². The maximum atomic E-state index is 8.99. The second-order valence-corrected chi connectivity index (χ2v) is 7.27. The Labute approximate surface area is 143 Å². The van der Waals surface area contributed by atoms with Crippen molar-refractivity contribution < 1.29 is 20.1 Å². The van der Waals surface area contributed by atoms with Gasteiger partial charge in [0.2, 0.25) is 0 Å². The molecule has 4 heteroatoms. The zero-order valence-electron chi connectivity index (χ0n) is 15.5. The van der Waals surface area contributed by atoms with E-state index in [9.17, 15) is 0 Å². The lowest BCUT2D eigenvalue weighted by Crippen LogP contribution is -2.19. The molecular weight excluding hydrogens is 292 g/mol. The highest BCUT2D eigenvalue weighted by molar-refractivity contribution is 4.70. The predicted octanol–water partition coefficient (Wildman–Crippen LogP) is 3.38. The minimum absolute atomic E-state index is 0.187. The summed E-state index contributed by atoms with van der Waals surface area (Å²) in [4.78, 5) is 0. The predicted molar refractivity (Wildman–Crippen MR) is 95.4 cm³/mol. The average molecular weight is 333 g/mol. The number of ether oxygens (including phenoxy) is 1. The molecule has 3 N–H and O–H groups in total. The SMILES string of the molecule is CC(CCCO)CC(CC(C)CCCO)CC(C)OCCCO. The van der Waals surface area contributed by atoms with E-state index in [1.54, 1.807) is 0 Å². The van der Waals surface area contributed by atoms with Crippen LogP contribution in [0.1, 0.15) is 72.1 Å². The molecule has 0 aliphatic heterocycles. The van der Waals surface area contributed by atoms with Gasteiger partial charge in [0.05, 0.1) is 6.10 Å². The Kier molecular flexibility index (Phi) is 15.3. The highest BCUT2D eigenvalue weighted by Gasteiger charge is 2.19. The third-order valence-electron chi connectivity index (χ3n) is 4.55. The van der Waals surface area contributed by atoms with Crippen molar-refractivity contribution in [1.82, 2.24) is 0 Å². The van der Waals surface area contributed by atoms with Gasteiger partial charge in [0.1, 0.15) is 0 Å². The monoisotopic (exact) mass is 332 g/mol. The molecule has 4 nitrogen and oxygen atoms in total. The molecule has 0 rings (SSSR count). The standard InChI is InChI=1S/C19H40O4/c1-16(7-4-9-20)13-19(14-17(2)8-5-10-21)15-18(3)23-12-6-11-22/h16-22H,4-15H2,1-3H3. The number of hydrogen-bond acceptors (Lipinski definition) is 4. The summed E-state index contributed by atoms with van der Waals surface area (Å²) in [5.41, 5.74) is 0. The van der Waals surface area contributed by atoms with Gasteiger partial charge in [-0.15, -0.1) is 0 Å². The lowest BCUT2D eigenvalue weighted by molar-refractivity contribution is 0.0347. The van der Waals surface area contributed by atoms with E-state index in [1.165, 1.54) is 12.8 Å². The minimum atomic E-state index is 0.187. The summed E-state index contributed by atoms with van der Waals surface area (Å²) in [6.45, 7) is 8.06. The average Bonchev–Trinajstić information content (AvgIpc) is 2.51. The highest BCUT2D eigenvalue weighted by atomic mass is 16.5. The first-order valence-corrected chi connectivity index (χ1v) is 9.47. The van der Waals surface area contributed by atoms with Crippen LogP contribution < -0.4 is 0 Å². The van der Waals surface area contributed by atoms with Crippen LogP contribution in [-0.4, -0.2) is 47.9 Å². The van der Waals surface area contributed by atoms with E-state index in [0.29, 0.717) is 30.8 Å². The van der Waals surface area contributed by atoms with E-state index in [2.05, 4.69) is 20.8 Å². The largest absolute Gasteiger partial charge is 0.396 e. The molecule has 140 valence electrons. The van der Waals surface area contributed by atoms with Crippen LogP contribution in [0.5, 0.6) is 0 Å². The van der Waals surface area contributed by atoms with E-state index in [4.69, 9.17) is 20.1 Å². The molecule has 3 unspecified atom stereocenters. The van der Waals surface area contributed by atoms with Gasteiger partial charge in [0.25, 0.3) is 0 Å². The molecule has 0 aromatic carbocycles. The molecule has 0 aliphatic rings. The van der Waals surface area contributed by atoms with Gasteiger partial charge >= 0.3 is 0 Å². The Morgan fingerprint density at radius 1 is 0.696 bits per heavy atom. The quantitative estimate of drug-likeness (QED) is 0.379. The lowest BCUT2D eigenvalue weighted by Gasteiger charge is -2.26. The third kappa shape index (κ3) is 13.9. The summed E-state index contributed by atoms with van der Waals surface area (Å²) in [6, 6.07) is 0. The molecule has 0 bridgehead atoms. The van der Waals surface area contributed by atoms with Gasteiger partial charge in [0.15, 0.2) is 0 Å². The molecule has 0 radical (unpaired) electrons. The maximum absolute atomic E-state index is 8.99. The first kappa shape index (κ1) is 22.8. The lowest BCUT2D eigenvalue weighted by atomic mass is 9.82. The molecule has 0 spiro atoms. The zero-order chi connectivity index (χ0) is 17.5. The van der Waals surface area contributed by atoms with Crippen LogP contribution in [0.4, 0.5) is 0 Å². The minimum Gasteiger partial charge on any atom is -0.396 e. The molecule has 0 saturated carbocycles. The van der Waals surface area contributed by atoms with Crippen molar-refractivity contribution in [2.24, 2.45) is 17.8 Å². The smallest absolute Gasteiger partial charge is 0.0549 e. The molecule has 3 atom stereocenters. The van der Waals surface area contributed by atoms with E-state index < -0.39 is 0 Å². The van der Waals surface area contributed by atoms with Gasteiger partial charge < -0.3 is 20.1 Å². The van der Waals surface area contributed by atoms with Crippen molar-refractivity contribution >= 4 is 0 Å². The Bertz CT molecular complexity index is 232. The molecule has 0 amide bonds. The third-order valence-corrected chi connectivity index (χ3v) is 4.55. The number of rotatable bonds is 16. The molecule has 0 fully saturated rings. The van der Waals surface area contributed by atoms with Crippen molar-refractivity contribution in [1.29, 1.82) is 0 Å². The Hall–Kier alpha value is -0.160. The second kappa shape index (κ2) is 15.4. The van der Waals surface area contributed by atoms with Crippen LogP contribution in [-0.2, 0) is 4.74 Å². The molecule has 0 heterocycles. The van der Waals surface area contributed by atoms with Crippen LogP contribution in [0.15, 0.2) is 0 Å². The van der Waals surface area contributed by atoms with Gasteiger partial charge in [-0.25, -0.2) is 0 Å². The summed E-state index contributed by atoms with van der Waals surface area (Å²) in [5, 5.41) is 26.8. The number of hydrogen-bond donors (Lipinski definition) is 3. The van der Waals surface area contributed by atoms with E-state index in [-0.39, 0.29) is 25.9 Å². The van der Waals surface area contributed by atoms with Crippen LogP contribution >= 0.6 is 0 Å². The Morgan fingerprint density at radius 3 is 1.61 bits per heavy atom. The van der Waals surface area contributed by atoms with Gasteiger partial charge in [-0.1, -0.05) is 13.8 Å². The van der Waals surface area contributed by atoms with E-state index >= 15 is 0 Å². The first-order chi connectivity index (χ1) is 11.0. The van der Waals surface area contributed by atoms with Crippen molar-refractivity contribution in [2.45, 2.75) is 78.2 Å². The normalized spacial score (nSPS) is 17.0. The molecule has 0 aliphatic carbocycles. The number of aliphatic hydroxyl groups is 3. The summed E-state index contributed by atoms with van der Waals surface area (Å²) in [7, 11) is 0. The zero-order valence-corrected chi connectivity index (χ0v) is 15.5. The van der Waals surface area contributed by atoms with Gasteiger partial charge in [0, 0.05) is 26.4 Å². The van der Waals surface area contributed by atoms with Crippen LogP contribution in [0, 0.1) is 17.8 Å². The summed E-state index contributed by atoms with van der Waals surface area (Å²) in [5.74, 6) is 1.88. The molecule has 0 aromatic heterocycles. The first-order valence-electron chi connectivity index (χ1n) is 9.47. The van der Waals surface area contributed by atoms with Crippen molar-refractivity contribution in [3.8, 4) is 0 Å². The molecular formula is C19H40O4. The summed E-state index contributed by atoms with van der Waals surface area (Å²) >= 11 is 0. The Morgan fingerprint density at radius 2 is 1.17 bits per heavy atom. The van der Waals surface area contributed by atoms with Crippen LogP contribution in [0.25, 0.3) is 0 Å². The maximum Gasteiger partial charge on any atom is 0.0549 e. The van der Waals surface area contributed by atoms with Crippen LogP contribution in [0.3, 0.4) is 0 Å². The van der Waals surface area contributed by atoms with E-state index in [0.717, 1.165) is 32.1 Å². The van der Waals surface area contributed by atoms with Gasteiger partial charge in [-0.3, -0.25) is 0 Å². The second-order valence-electron chi connectivity index (χ2n) is 7.27. The Balaban J connectivity index is 4.34. The number of aliphatic hydroxyl groups excluding tert-OH is 3. The van der Waals surface area contributed by atoms with Crippen molar-refractivity contribution in [3.63, 3.8) is 0 Å². The van der Waals surface area contributed by atoms with Crippen molar-refractivity contribution in [3.05, 3.63) is 0 Å². The van der Waals surface area contributed by atoms with Crippen molar-refractivity contribution in [2.75, 3.05) is 26.4 Å². The van der Waals surface area contributed by atoms with E-state index in [1.807, 2.05) is 0 Å². The fraction of sp³-hybridized carbons (Fsp3) is 1.00. The summed E-state index contributed by atoms with van der Waals surface area (Å²) in [6.07, 6.45) is 8.27. The fourth-order valence-corrected chi connectivity index (χ4v) is 3.43. The molecule has 23 heavy (non-hydrogen) atoms. The topological polar surface area (TPSA) is 69.9 Å². The molecule has 0 aromatic rings. The highest BCUT2D eigenvalue weighted by Crippen LogP contribution is 2.29.